The van der Waals surface area contributed by atoms with Gasteiger partial charge in [-0.2, -0.15) is 0 Å². The molecule has 82 valence electrons. The maximum Gasteiger partial charge on any atom is 0.0495 e. The molecular weight excluding hydrogens is 229 g/mol. The fourth-order valence-corrected chi connectivity index (χ4v) is 2.36. The van der Waals surface area contributed by atoms with Crippen molar-refractivity contribution in [3.63, 3.8) is 0 Å². The van der Waals surface area contributed by atoms with Gasteiger partial charge in [0.15, 0.2) is 0 Å². The molecule has 0 bridgehead atoms. The first-order valence-electron chi connectivity index (χ1n) is 5.37. The minimum absolute atomic E-state index is 0.527. The molecule has 1 aliphatic rings. The van der Waals surface area contributed by atoms with Crippen LogP contribution in [0.2, 0.25) is 5.02 Å². The van der Waals surface area contributed by atoms with Crippen LogP contribution in [0.15, 0.2) is 18.2 Å². The zero-order valence-corrected chi connectivity index (χ0v) is 10.4. The predicted molar refractivity (Wildman–Crippen MR) is 67.1 cm³/mol. The normalized spacial score (nSPS) is 15.4. The van der Waals surface area contributed by atoms with Crippen LogP contribution in [0.5, 0.6) is 0 Å². The van der Waals surface area contributed by atoms with Gasteiger partial charge in [-0.1, -0.05) is 11.6 Å². The summed E-state index contributed by atoms with van der Waals surface area (Å²) >= 11 is 11.9. The number of benzene rings is 1. The van der Waals surface area contributed by atoms with Gasteiger partial charge in [0.1, 0.15) is 0 Å². The summed E-state index contributed by atoms with van der Waals surface area (Å²) in [4.78, 5) is 2.42. The first-order chi connectivity index (χ1) is 7.26. The lowest BCUT2D eigenvalue weighted by molar-refractivity contribution is 0.822. The number of anilines is 1. The molecule has 0 atom stereocenters. The Balaban J connectivity index is 2.32. The largest absolute Gasteiger partial charge is 0.369 e. The standard InChI is InChI=1S/C12H15Cl2N/c1-2-15(11-4-5-11)12-6-3-10(14)7-9(12)8-13/h3,6-7,11H,2,4-5,8H2,1H3. The fourth-order valence-electron chi connectivity index (χ4n) is 1.95. The monoisotopic (exact) mass is 243 g/mol. The summed E-state index contributed by atoms with van der Waals surface area (Å²) in [5.74, 6) is 0.527. The number of rotatable bonds is 4. The highest BCUT2D eigenvalue weighted by Crippen LogP contribution is 2.34. The van der Waals surface area contributed by atoms with Crippen LogP contribution in [-0.2, 0) is 5.88 Å². The molecule has 0 aromatic heterocycles. The van der Waals surface area contributed by atoms with Gasteiger partial charge in [-0.3, -0.25) is 0 Å². The summed E-state index contributed by atoms with van der Waals surface area (Å²) in [5, 5.41) is 0.765. The van der Waals surface area contributed by atoms with E-state index in [1.165, 1.54) is 18.5 Å². The number of alkyl halides is 1. The topological polar surface area (TPSA) is 3.24 Å². The average Bonchev–Trinajstić information content (AvgIpc) is 3.05. The van der Waals surface area contributed by atoms with E-state index in [0.29, 0.717) is 5.88 Å². The van der Waals surface area contributed by atoms with Crippen LogP contribution < -0.4 is 4.90 Å². The summed E-state index contributed by atoms with van der Waals surface area (Å²) in [5.41, 5.74) is 2.39. The van der Waals surface area contributed by atoms with Crippen molar-refractivity contribution in [1.82, 2.24) is 0 Å². The van der Waals surface area contributed by atoms with E-state index < -0.39 is 0 Å². The quantitative estimate of drug-likeness (QED) is 0.721. The molecule has 15 heavy (non-hydrogen) atoms. The van der Waals surface area contributed by atoms with E-state index in [0.717, 1.165) is 23.2 Å². The third kappa shape index (κ3) is 2.40. The minimum atomic E-state index is 0.527. The highest BCUT2D eigenvalue weighted by Gasteiger charge is 2.29. The molecule has 1 aliphatic carbocycles. The van der Waals surface area contributed by atoms with Crippen molar-refractivity contribution in [3.05, 3.63) is 28.8 Å². The third-order valence-electron chi connectivity index (χ3n) is 2.82. The van der Waals surface area contributed by atoms with Crippen molar-refractivity contribution in [1.29, 1.82) is 0 Å². The van der Waals surface area contributed by atoms with Crippen molar-refractivity contribution in [2.45, 2.75) is 31.7 Å². The Morgan fingerprint density at radius 2 is 2.13 bits per heavy atom. The number of nitrogens with zero attached hydrogens (tertiary/aromatic N) is 1. The Hall–Kier alpha value is -0.400. The maximum absolute atomic E-state index is 5.96. The van der Waals surface area contributed by atoms with Crippen molar-refractivity contribution in [2.24, 2.45) is 0 Å². The summed E-state index contributed by atoms with van der Waals surface area (Å²) in [6.07, 6.45) is 2.61. The van der Waals surface area contributed by atoms with Crippen LogP contribution in [0.4, 0.5) is 5.69 Å². The van der Waals surface area contributed by atoms with Gasteiger partial charge in [-0.25, -0.2) is 0 Å². The molecule has 2 rings (SSSR count). The molecule has 3 heteroatoms. The van der Waals surface area contributed by atoms with Gasteiger partial charge in [-0.15, -0.1) is 11.6 Å². The van der Waals surface area contributed by atoms with Gasteiger partial charge in [0.05, 0.1) is 0 Å². The van der Waals surface area contributed by atoms with Gasteiger partial charge in [-0.05, 0) is 43.5 Å². The smallest absolute Gasteiger partial charge is 0.0495 e. The van der Waals surface area contributed by atoms with Crippen molar-refractivity contribution >= 4 is 28.9 Å². The van der Waals surface area contributed by atoms with Crippen LogP contribution in [0.1, 0.15) is 25.3 Å². The second-order valence-electron chi connectivity index (χ2n) is 3.92. The van der Waals surface area contributed by atoms with Gasteiger partial charge in [0.25, 0.3) is 0 Å². The molecule has 0 amide bonds. The van der Waals surface area contributed by atoms with Crippen LogP contribution in [0, 0.1) is 0 Å². The highest BCUT2D eigenvalue weighted by molar-refractivity contribution is 6.30. The number of halogens is 2. The van der Waals surface area contributed by atoms with Crippen molar-refractivity contribution in [2.75, 3.05) is 11.4 Å². The summed E-state index contributed by atoms with van der Waals surface area (Å²) in [7, 11) is 0. The lowest BCUT2D eigenvalue weighted by Gasteiger charge is -2.25. The summed E-state index contributed by atoms with van der Waals surface area (Å²) < 4.78 is 0. The Morgan fingerprint density at radius 3 is 2.67 bits per heavy atom. The van der Waals surface area contributed by atoms with E-state index in [1.54, 1.807) is 0 Å². The fraction of sp³-hybridized carbons (Fsp3) is 0.500. The first kappa shape index (κ1) is 11.1. The molecule has 0 saturated heterocycles. The third-order valence-corrected chi connectivity index (χ3v) is 3.35. The predicted octanol–water partition coefficient (Wildman–Crippen LogP) is 4.07. The molecule has 1 saturated carbocycles. The molecule has 0 unspecified atom stereocenters. The molecule has 1 aromatic carbocycles. The minimum Gasteiger partial charge on any atom is -0.369 e. The number of hydrogen-bond donors (Lipinski definition) is 0. The highest BCUT2D eigenvalue weighted by atomic mass is 35.5. The Kier molecular flexibility index (Phi) is 3.42. The molecule has 1 aromatic rings. The lowest BCUT2D eigenvalue weighted by Crippen LogP contribution is -2.25. The van der Waals surface area contributed by atoms with Crippen LogP contribution >= 0.6 is 23.2 Å². The van der Waals surface area contributed by atoms with Crippen molar-refractivity contribution < 1.29 is 0 Å². The van der Waals surface area contributed by atoms with E-state index in [-0.39, 0.29) is 0 Å². The molecule has 1 fully saturated rings. The molecule has 1 nitrogen and oxygen atoms in total. The van der Waals surface area contributed by atoms with Gasteiger partial charge in [0.2, 0.25) is 0 Å². The van der Waals surface area contributed by atoms with E-state index in [2.05, 4.69) is 17.9 Å². The Bertz CT molecular complexity index is 347. The molecule has 0 N–H and O–H groups in total. The summed E-state index contributed by atoms with van der Waals surface area (Å²) in [6, 6.07) is 6.72. The Morgan fingerprint density at radius 1 is 1.40 bits per heavy atom. The van der Waals surface area contributed by atoms with E-state index >= 15 is 0 Å². The first-order valence-corrected chi connectivity index (χ1v) is 6.28. The van der Waals surface area contributed by atoms with E-state index in [9.17, 15) is 0 Å². The zero-order valence-electron chi connectivity index (χ0n) is 8.84. The maximum atomic E-state index is 5.96. The molecule has 0 heterocycles. The SMILES string of the molecule is CCN(c1ccc(Cl)cc1CCl)C1CC1. The van der Waals surface area contributed by atoms with E-state index in [4.69, 9.17) is 23.2 Å². The van der Waals surface area contributed by atoms with Crippen LogP contribution in [-0.4, -0.2) is 12.6 Å². The number of hydrogen-bond acceptors (Lipinski definition) is 1. The van der Waals surface area contributed by atoms with Crippen LogP contribution in [0.25, 0.3) is 0 Å². The van der Waals surface area contributed by atoms with Gasteiger partial charge < -0.3 is 4.90 Å². The molecule has 0 spiro atoms. The second-order valence-corrected chi connectivity index (χ2v) is 4.63. The molecule has 0 radical (unpaired) electrons. The Labute approximate surface area is 101 Å². The molecule has 0 aliphatic heterocycles. The average molecular weight is 244 g/mol. The van der Waals surface area contributed by atoms with Crippen molar-refractivity contribution in [3.8, 4) is 0 Å². The van der Waals surface area contributed by atoms with Gasteiger partial charge >= 0.3 is 0 Å². The lowest BCUT2D eigenvalue weighted by atomic mass is 10.1. The van der Waals surface area contributed by atoms with Gasteiger partial charge in [0, 0.05) is 29.2 Å². The van der Waals surface area contributed by atoms with Crippen LogP contribution in [0.3, 0.4) is 0 Å². The summed E-state index contributed by atoms with van der Waals surface area (Å²) in [6.45, 7) is 3.22. The van der Waals surface area contributed by atoms with E-state index in [1.807, 2.05) is 12.1 Å². The molecular formula is C12H15Cl2N. The second kappa shape index (κ2) is 4.63. The zero-order chi connectivity index (χ0) is 10.8.